The fourth-order valence-electron chi connectivity index (χ4n) is 2.59. The molecule has 1 N–H and O–H groups in total. The zero-order valence-corrected chi connectivity index (χ0v) is 14.3. The number of carbonyl (C=O) groups excluding carboxylic acids is 1. The number of unbranched alkanes of at least 4 members (excludes halogenated alkanes) is 1. The summed E-state index contributed by atoms with van der Waals surface area (Å²) in [6, 6.07) is 0. The van der Waals surface area contributed by atoms with E-state index in [1.165, 1.54) is 7.11 Å². The maximum Gasteiger partial charge on any atom is 0.325 e. The summed E-state index contributed by atoms with van der Waals surface area (Å²) in [6.07, 6.45) is 2.98. The highest BCUT2D eigenvalue weighted by molar-refractivity contribution is 5.80. The van der Waals surface area contributed by atoms with E-state index in [2.05, 4.69) is 31.0 Å². The van der Waals surface area contributed by atoms with E-state index in [9.17, 15) is 4.79 Å². The van der Waals surface area contributed by atoms with Crippen LogP contribution in [0.1, 0.15) is 53.9 Å². The lowest BCUT2D eigenvalue weighted by atomic mass is 9.94. The molecule has 0 fully saturated rings. The molecule has 0 aromatic carbocycles. The number of hydrogen-bond donors (Lipinski definition) is 1. The average molecular weight is 286 g/mol. The summed E-state index contributed by atoms with van der Waals surface area (Å²) < 4.78 is 4.91. The zero-order chi connectivity index (χ0) is 15.6. The number of likely N-dealkylation sites (N-methyl/N-ethyl adjacent to an activating group) is 1. The second-order valence-corrected chi connectivity index (χ2v) is 6.10. The predicted molar refractivity (Wildman–Crippen MR) is 84.9 cm³/mol. The van der Waals surface area contributed by atoms with E-state index in [4.69, 9.17) is 4.74 Å². The SMILES string of the molecule is CCNC(C)(CCCCN(CC)CC(C)C)C(=O)OC. The smallest absolute Gasteiger partial charge is 0.325 e. The molecule has 0 saturated heterocycles. The van der Waals surface area contributed by atoms with Gasteiger partial charge in [0, 0.05) is 6.54 Å². The number of methoxy groups -OCH3 is 1. The van der Waals surface area contributed by atoms with Crippen LogP contribution < -0.4 is 5.32 Å². The zero-order valence-electron chi connectivity index (χ0n) is 14.3. The standard InChI is InChI=1S/C16H34N2O2/c1-7-17-16(5,15(19)20-6)11-9-10-12-18(8-2)13-14(3)4/h14,17H,7-13H2,1-6H3. The van der Waals surface area contributed by atoms with Crippen molar-refractivity contribution in [3.63, 3.8) is 0 Å². The molecule has 0 aliphatic carbocycles. The molecule has 0 heterocycles. The van der Waals surface area contributed by atoms with Gasteiger partial charge in [0.15, 0.2) is 0 Å². The monoisotopic (exact) mass is 286 g/mol. The first-order valence-electron chi connectivity index (χ1n) is 7.95. The Labute approximate surface area is 125 Å². The van der Waals surface area contributed by atoms with E-state index in [1.807, 2.05) is 13.8 Å². The van der Waals surface area contributed by atoms with Gasteiger partial charge in [-0.2, -0.15) is 0 Å². The van der Waals surface area contributed by atoms with Crippen molar-refractivity contribution < 1.29 is 9.53 Å². The van der Waals surface area contributed by atoms with Crippen molar-refractivity contribution >= 4 is 5.97 Å². The van der Waals surface area contributed by atoms with Gasteiger partial charge in [-0.05, 0) is 51.7 Å². The predicted octanol–water partition coefficient (Wildman–Crippen LogP) is 2.68. The van der Waals surface area contributed by atoms with Crippen LogP contribution in [0.3, 0.4) is 0 Å². The van der Waals surface area contributed by atoms with Crippen LogP contribution in [-0.4, -0.2) is 49.7 Å². The van der Waals surface area contributed by atoms with Gasteiger partial charge in [0.2, 0.25) is 0 Å². The molecule has 0 spiro atoms. The molecule has 1 atom stereocenters. The number of nitrogens with one attached hydrogen (secondary N) is 1. The molecule has 4 nitrogen and oxygen atoms in total. The molecule has 0 bridgehead atoms. The van der Waals surface area contributed by atoms with Crippen LogP contribution in [0, 0.1) is 5.92 Å². The summed E-state index contributed by atoms with van der Waals surface area (Å²) in [5.74, 6) is 0.547. The molecule has 4 heteroatoms. The largest absolute Gasteiger partial charge is 0.468 e. The van der Waals surface area contributed by atoms with E-state index in [0.29, 0.717) is 5.92 Å². The van der Waals surface area contributed by atoms with E-state index < -0.39 is 5.54 Å². The first-order valence-corrected chi connectivity index (χ1v) is 7.95. The van der Waals surface area contributed by atoms with Crippen LogP contribution in [0.4, 0.5) is 0 Å². The Morgan fingerprint density at radius 3 is 2.40 bits per heavy atom. The molecule has 0 aliphatic rings. The molecular formula is C16H34N2O2. The van der Waals surface area contributed by atoms with Crippen LogP contribution >= 0.6 is 0 Å². The Balaban J connectivity index is 4.14. The van der Waals surface area contributed by atoms with Crippen molar-refractivity contribution in [1.29, 1.82) is 0 Å². The Morgan fingerprint density at radius 2 is 1.95 bits per heavy atom. The Hall–Kier alpha value is -0.610. The second kappa shape index (κ2) is 10.2. The third kappa shape index (κ3) is 7.25. The molecular weight excluding hydrogens is 252 g/mol. The minimum atomic E-state index is -0.543. The molecule has 1 unspecified atom stereocenters. The average Bonchev–Trinajstić information content (AvgIpc) is 2.41. The summed E-state index contributed by atoms with van der Waals surface area (Å²) in [5, 5.41) is 3.26. The third-order valence-electron chi connectivity index (χ3n) is 3.67. The minimum Gasteiger partial charge on any atom is -0.468 e. The highest BCUT2D eigenvalue weighted by atomic mass is 16.5. The fraction of sp³-hybridized carbons (Fsp3) is 0.938. The van der Waals surface area contributed by atoms with Gasteiger partial charge in [-0.3, -0.25) is 4.79 Å². The lowest BCUT2D eigenvalue weighted by molar-refractivity contribution is -0.148. The quantitative estimate of drug-likeness (QED) is 0.468. The van der Waals surface area contributed by atoms with Gasteiger partial charge < -0.3 is 15.0 Å². The normalized spacial score (nSPS) is 14.6. The number of rotatable bonds is 11. The maximum absolute atomic E-state index is 11.9. The first-order chi connectivity index (χ1) is 9.39. The van der Waals surface area contributed by atoms with Gasteiger partial charge in [-0.1, -0.05) is 27.7 Å². The number of nitrogens with zero attached hydrogens (tertiary/aromatic N) is 1. The van der Waals surface area contributed by atoms with Crippen LogP contribution in [0.2, 0.25) is 0 Å². The minimum absolute atomic E-state index is 0.158. The molecule has 0 aromatic rings. The fourth-order valence-corrected chi connectivity index (χ4v) is 2.59. The summed E-state index contributed by atoms with van der Waals surface area (Å²) in [5.41, 5.74) is -0.543. The van der Waals surface area contributed by atoms with Crippen molar-refractivity contribution in [3.05, 3.63) is 0 Å². The van der Waals surface area contributed by atoms with Gasteiger partial charge in [0.05, 0.1) is 7.11 Å². The van der Waals surface area contributed by atoms with E-state index in [0.717, 1.165) is 45.4 Å². The van der Waals surface area contributed by atoms with Crippen molar-refractivity contribution in [2.45, 2.75) is 59.4 Å². The summed E-state index contributed by atoms with van der Waals surface area (Å²) in [7, 11) is 1.46. The van der Waals surface area contributed by atoms with Crippen molar-refractivity contribution in [1.82, 2.24) is 10.2 Å². The maximum atomic E-state index is 11.9. The Kier molecular flexibility index (Phi) is 9.86. The molecule has 20 heavy (non-hydrogen) atoms. The lowest BCUT2D eigenvalue weighted by Gasteiger charge is -2.28. The van der Waals surface area contributed by atoms with Crippen molar-refractivity contribution in [2.24, 2.45) is 5.92 Å². The van der Waals surface area contributed by atoms with E-state index >= 15 is 0 Å². The second-order valence-electron chi connectivity index (χ2n) is 6.10. The Morgan fingerprint density at radius 1 is 1.30 bits per heavy atom. The molecule has 120 valence electrons. The molecule has 0 aliphatic heterocycles. The third-order valence-corrected chi connectivity index (χ3v) is 3.67. The first kappa shape index (κ1) is 19.4. The van der Waals surface area contributed by atoms with Crippen LogP contribution in [0.5, 0.6) is 0 Å². The molecule has 0 radical (unpaired) electrons. The highest BCUT2D eigenvalue weighted by Gasteiger charge is 2.32. The van der Waals surface area contributed by atoms with Gasteiger partial charge >= 0.3 is 5.97 Å². The van der Waals surface area contributed by atoms with E-state index in [1.54, 1.807) is 0 Å². The van der Waals surface area contributed by atoms with Gasteiger partial charge in [0.25, 0.3) is 0 Å². The van der Waals surface area contributed by atoms with Gasteiger partial charge in [-0.15, -0.1) is 0 Å². The van der Waals surface area contributed by atoms with Crippen molar-refractivity contribution in [3.8, 4) is 0 Å². The topological polar surface area (TPSA) is 41.6 Å². The van der Waals surface area contributed by atoms with E-state index in [-0.39, 0.29) is 5.97 Å². The summed E-state index contributed by atoms with van der Waals surface area (Å²) >= 11 is 0. The van der Waals surface area contributed by atoms with Crippen LogP contribution in [0.15, 0.2) is 0 Å². The molecule has 0 saturated carbocycles. The number of ether oxygens (including phenoxy) is 1. The Bertz CT molecular complexity index is 269. The lowest BCUT2D eigenvalue weighted by Crippen LogP contribution is -2.50. The highest BCUT2D eigenvalue weighted by Crippen LogP contribution is 2.16. The van der Waals surface area contributed by atoms with Crippen molar-refractivity contribution in [2.75, 3.05) is 33.3 Å². The van der Waals surface area contributed by atoms with Gasteiger partial charge in [-0.25, -0.2) is 0 Å². The summed E-state index contributed by atoms with van der Waals surface area (Å²) in [6.45, 7) is 14.8. The molecule has 0 aromatic heterocycles. The summed E-state index contributed by atoms with van der Waals surface area (Å²) in [4.78, 5) is 14.3. The van der Waals surface area contributed by atoms with Gasteiger partial charge in [0.1, 0.15) is 5.54 Å². The number of carbonyl (C=O) groups is 1. The van der Waals surface area contributed by atoms with Crippen LogP contribution in [-0.2, 0) is 9.53 Å². The number of hydrogen-bond acceptors (Lipinski definition) is 4. The molecule has 0 rings (SSSR count). The van der Waals surface area contributed by atoms with Crippen LogP contribution in [0.25, 0.3) is 0 Å². The number of esters is 1. The molecule has 0 amide bonds.